The van der Waals surface area contributed by atoms with E-state index in [9.17, 15) is 10.2 Å². The minimum absolute atomic E-state index is 0.0337. The molecule has 0 aromatic heterocycles. The lowest BCUT2D eigenvalue weighted by Gasteiger charge is -2.39. The summed E-state index contributed by atoms with van der Waals surface area (Å²) in [5.74, 6) is 0.313. The van der Waals surface area contributed by atoms with Crippen molar-refractivity contribution in [2.45, 2.75) is 39.2 Å². The Hall–Kier alpha value is -1.22. The van der Waals surface area contributed by atoms with Gasteiger partial charge in [0.25, 0.3) is 0 Å². The van der Waals surface area contributed by atoms with Gasteiger partial charge in [0.05, 0.1) is 5.56 Å². The average molecular weight is 235 g/mol. The SMILES string of the molecule is CC(NCC1(C)CCC1)c1c(O)cccc1O. The average Bonchev–Trinajstić information content (AvgIpc) is 2.23. The van der Waals surface area contributed by atoms with Crippen LogP contribution in [0, 0.1) is 5.41 Å². The predicted molar refractivity (Wildman–Crippen MR) is 68.1 cm³/mol. The Labute approximate surface area is 102 Å². The first-order valence-corrected chi connectivity index (χ1v) is 6.26. The number of rotatable bonds is 4. The Bertz CT molecular complexity index is 379. The molecular weight excluding hydrogens is 214 g/mol. The molecule has 94 valence electrons. The molecule has 1 aromatic rings. The van der Waals surface area contributed by atoms with Crippen molar-refractivity contribution in [3.8, 4) is 11.5 Å². The molecule has 3 heteroatoms. The third-order valence-electron chi connectivity index (χ3n) is 3.89. The van der Waals surface area contributed by atoms with Gasteiger partial charge in [0, 0.05) is 12.6 Å². The number of phenolic OH excluding ortho intramolecular Hbond substituents is 2. The zero-order valence-electron chi connectivity index (χ0n) is 10.5. The number of benzene rings is 1. The smallest absolute Gasteiger partial charge is 0.124 e. The zero-order valence-corrected chi connectivity index (χ0v) is 10.5. The highest BCUT2D eigenvalue weighted by Gasteiger charge is 2.32. The van der Waals surface area contributed by atoms with Gasteiger partial charge in [-0.3, -0.25) is 0 Å². The van der Waals surface area contributed by atoms with Crippen molar-refractivity contribution in [3.05, 3.63) is 23.8 Å². The molecule has 0 heterocycles. The van der Waals surface area contributed by atoms with Gasteiger partial charge in [-0.2, -0.15) is 0 Å². The quantitative estimate of drug-likeness (QED) is 0.752. The lowest BCUT2D eigenvalue weighted by molar-refractivity contribution is 0.151. The van der Waals surface area contributed by atoms with Gasteiger partial charge in [-0.15, -0.1) is 0 Å². The van der Waals surface area contributed by atoms with Crippen LogP contribution >= 0.6 is 0 Å². The van der Waals surface area contributed by atoms with Crippen molar-refractivity contribution in [2.75, 3.05) is 6.54 Å². The van der Waals surface area contributed by atoms with E-state index in [4.69, 9.17) is 0 Å². The first-order valence-electron chi connectivity index (χ1n) is 6.26. The minimum atomic E-state index is -0.0337. The molecular formula is C14H21NO2. The number of aromatic hydroxyl groups is 2. The molecule has 1 atom stereocenters. The summed E-state index contributed by atoms with van der Waals surface area (Å²) in [6, 6.07) is 4.83. The summed E-state index contributed by atoms with van der Waals surface area (Å²) in [4.78, 5) is 0. The summed E-state index contributed by atoms with van der Waals surface area (Å²) in [7, 11) is 0. The van der Waals surface area contributed by atoms with E-state index >= 15 is 0 Å². The van der Waals surface area contributed by atoms with E-state index in [1.54, 1.807) is 18.2 Å². The third kappa shape index (κ3) is 2.55. The summed E-state index contributed by atoms with van der Waals surface area (Å²) in [5.41, 5.74) is 0.990. The van der Waals surface area contributed by atoms with E-state index in [2.05, 4.69) is 12.2 Å². The monoisotopic (exact) mass is 235 g/mol. The van der Waals surface area contributed by atoms with Crippen LogP contribution in [0.5, 0.6) is 11.5 Å². The van der Waals surface area contributed by atoms with Gasteiger partial charge in [0.1, 0.15) is 11.5 Å². The van der Waals surface area contributed by atoms with Crippen molar-refractivity contribution >= 4 is 0 Å². The van der Waals surface area contributed by atoms with Crippen molar-refractivity contribution in [1.82, 2.24) is 5.32 Å². The topological polar surface area (TPSA) is 52.5 Å². The molecule has 1 aromatic carbocycles. The summed E-state index contributed by atoms with van der Waals surface area (Å²) < 4.78 is 0. The van der Waals surface area contributed by atoms with Crippen LogP contribution in [-0.4, -0.2) is 16.8 Å². The van der Waals surface area contributed by atoms with E-state index in [0.717, 1.165) is 6.54 Å². The van der Waals surface area contributed by atoms with Crippen LogP contribution in [-0.2, 0) is 0 Å². The van der Waals surface area contributed by atoms with Crippen molar-refractivity contribution < 1.29 is 10.2 Å². The summed E-state index contributed by atoms with van der Waals surface area (Å²) in [6.07, 6.45) is 3.84. The molecule has 1 fully saturated rings. The lowest BCUT2D eigenvalue weighted by atomic mass is 9.70. The summed E-state index contributed by atoms with van der Waals surface area (Å²) in [5, 5.41) is 22.9. The molecule has 1 unspecified atom stereocenters. The lowest BCUT2D eigenvalue weighted by Crippen LogP contribution is -2.38. The fourth-order valence-corrected chi connectivity index (χ4v) is 2.44. The Morgan fingerprint density at radius 2 is 1.88 bits per heavy atom. The molecule has 1 saturated carbocycles. The number of hydrogen-bond donors (Lipinski definition) is 3. The number of phenols is 2. The molecule has 3 nitrogen and oxygen atoms in total. The van der Waals surface area contributed by atoms with Crippen LogP contribution in [0.25, 0.3) is 0 Å². The fourth-order valence-electron chi connectivity index (χ4n) is 2.44. The summed E-state index contributed by atoms with van der Waals surface area (Å²) >= 11 is 0. The maximum atomic E-state index is 9.76. The molecule has 1 aliphatic carbocycles. The molecule has 0 bridgehead atoms. The normalized spacial score (nSPS) is 19.6. The number of hydrogen-bond acceptors (Lipinski definition) is 3. The molecule has 0 saturated heterocycles. The Morgan fingerprint density at radius 3 is 2.35 bits per heavy atom. The molecule has 0 radical (unpaired) electrons. The summed E-state index contributed by atoms with van der Waals surface area (Å²) in [6.45, 7) is 5.18. The highest BCUT2D eigenvalue weighted by molar-refractivity contribution is 5.44. The van der Waals surface area contributed by atoms with Gasteiger partial charge in [0.15, 0.2) is 0 Å². The second-order valence-corrected chi connectivity index (χ2v) is 5.48. The van der Waals surface area contributed by atoms with Crippen LogP contribution < -0.4 is 5.32 Å². The van der Waals surface area contributed by atoms with Gasteiger partial charge in [-0.05, 0) is 37.3 Å². The predicted octanol–water partition coefficient (Wildman–Crippen LogP) is 2.94. The second-order valence-electron chi connectivity index (χ2n) is 5.48. The molecule has 0 aliphatic heterocycles. The first kappa shape index (κ1) is 12.2. The zero-order chi connectivity index (χ0) is 12.5. The molecule has 17 heavy (non-hydrogen) atoms. The Kier molecular flexibility index (Phi) is 3.29. The van der Waals surface area contributed by atoms with Gasteiger partial charge in [-0.25, -0.2) is 0 Å². The fraction of sp³-hybridized carbons (Fsp3) is 0.571. The van der Waals surface area contributed by atoms with Gasteiger partial charge in [0.2, 0.25) is 0 Å². The van der Waals surface area contributed by atoms with E-state index < -0.39 is 0 Å². The van der Waals surface area contributed by atoms with Crippen LogP contribution in [0.3, 0.4) is 0 Å². The molecule has 0 spiro atoms. The Balaban J connectivity index is 2.01. The van der Waals surface area contributed by atoms with E-state index in [1.807, 2.05) is 6.92 Å². The van der Waals surface area contributed by atoms with E-state index in [1.165, 1.54) is 19.3 Å². The Morgan fingerprint density at radius 1 is 1.29 bits per heavy atom. The largest absolute Gasteiger partial charge is 0.507 e. The molecule has 0 amide bonds. The highest BCUT2D eigenvalue weighted by Crippen LogP contribution is 2.40. The van der Waals surface area contributed by atoms with E-state index in [-0.39, 0.29) is 17.5 Å². The maximum absolute atomic E-state index is 9.76. The molecule has 2 rings (SSSR count). The van der Waals surface area contributed by atoms with Crippen LogP contribution in [0.1, 0.15) is 44.7 Å². The molecule has 1 aliphatic rings. The van der Waals surface area contributed by atoms with Crippen molar-refractivity contribution in [3.63, 3.8) is 0 Å². The first-order chi connectivity index (χ1) is 8.02. The van der Waals surface area contributed by atoms with Crippen LogP contribution in [0.4, 0.5) is 0 Å². The van der Waals surface area contributed by atoms with Gasteiger partial charge < -0.3 is 15.5 Å². The molecule has 3 N–H and O–H groups in total. The van der Waals surface area contributed by atoms with Gasteiger partial charge in [-0.1, -0.05) is 19.4 Å². The van der Waals surface area contributed by atoms with E-state index in [0.29, 0.717) is 11.0 Å². The standard InChI is InChI=1S/C14H21NO2/c1-10(15-9-14(2)7-4-8-14)13-11(16)5-3-6-12(13)17/h3,5-6,10,15-17H,4,7-9H2,1-2H3. The number of nitrogens with one attached hydrogen (secondary N) is 1. The van der Waals surface area contributed by atoms with Crippen molar-refractivity contribution in [2.24, 2.45) is 5.41 Å². The van der Waals surface area contributed by atoms with Crippen LogP contribution in [0.15, 0.2) is 18.2 Å². The highest BCUT2D eigenvalue weighted by atomic mass is 16.3. The van der Waals surface area contributed by atoms with Crippen LogP contribution in [0.2, 0.25) is 0 Å². The minimum Gasteiger partial charge on any atom is -0.507 e. The van der Waals surface area contributed by atoms with Gasteiger partial charge >= 0.3 is 0 Å². The third-order valence-corrected chi connectivity index (χ3v) is 3.89. The van der Waals surface area contributed by atoms with Crippen molar-refractivity contribution in [1.29, 1.82) is 0 Å². The second kappa shape index (κ2) is 4.57. The maximum Gasteiger partial charge on any atom is 0.124 e.